The van der Waals surface area contributed by atoms with Gasteiger partial charge in [-0.1, -0.05) is 75.9 Å². The van der Waals surface area contributed by atoms with Crippen molar-refractivity contribution in [1.29, 1.82) is 0 Å². The molecular formula is C29H33N5OS. The van der Waals surface area contributed by atoms with E-state index >= 15 is 0 Å². The van der Waals surface area contributed by atoms with Crippen LogP contribution in [0.4, 0.5) is 5.69 Å². The van der Waals surface area contributed by atoms with Gasteiger partial charge in [-0.15, -0.1) is 10.2 Å². The average Bonchev–Trinajstić information content (AvgIpc) is 3.31. The number of carbonyl (C=O) groups excluding carboxylic acids is 1. The Balaban J connectivity index is 1.69. The fraction of sp³-hybridized carbons (Fsp3) is 0.310. The largest absolute Gasteiger partial charge is 0.325 e. The minimum absolute atomic E-state index is 0.0619. The maximum absolute atomic E-state index is 13.1. The van der Waals surface area contributed by atoms with Crippen LogP contribution < -0.4 is 5.32 Å². The van der Waals surface area contributed by atoms with Crippen LogP contribution >= 0.6 is 11.8 Å². The van der Waals surface area contributed by atoms with Crippen molar-refractivity contribution in [3.05, 3.63) is 83.2 Å². The number of hydrogen-bond donors (Lipinski definition) is 1. The molecule has 0 saturated carbocycles. The normalized spacial score (nSPS) is 11.2. The van der Waals surface area contributed by atoms with Crippen molar-refractivity contribution < 1.29 is 4.79 Å². The Morgan fingerprint density at radius 3 is 2.36 bits per heavy atom. The second-order valence-corrected chi connectivity index (χ2v) is 9.99. The Kier molecular flexibility index (Phi) is 8.21. The number of para-hydroxylation sites is 2. The zero-order valence-corrected chi connectivity index (χ0v) is 22.4. The van der Waals surface area contributed by atoms with Crippen LogP contribution in [0.5, 0.6) is 0 Å². The summed E-state index contributed by atoms with van der Waals surface area (Å²) in [6.45, 7) is 10.6. The van der Waals surface area contributed by atoms with E-state index in [0.717, 1.165) is 46.7 Å². The highest BCUT2D eigenvalue weighted by Gasteiger charge is 2.21. The van der Waals surface area contributed by atoms with Crippen LogP contribution in [0.2, 0.25) is 0 Å². The molecular weight excluding hydrogens is 466 g/mol. The van der Waals surface area contributed by atoms with Crippen LogP contribution in [-0.4, -0.2) is 31.4 Å². The van der Waals surface area contributed by atoms with Crippen molar-refractivity contribution in [3.63, 3.8) is 0 Å². The maximum Gasteiger partial charge on any atom is 0.234 e. The zero-order valence-electron chi connectivity index (χ0n) is 21.6. The molecule has 4 rings (SSSR count). The van der Waals surface area contributed by atoms with Crippen molar-refractivity contribution in [3.8, 4) is 17.1 Å². The summed E-state index contributed by atoms with van der Waals surface area (Å²) in [6.07, 6.45) is 5.31. The van der Waals surface area contributed by atoms with Crippen molar-refractivity contribution in [2.45, 2.75) is 58.5 Å². The molecule has 4 aromatic rings. The van der Waals surface area contributed by atoms with E-state index in [-0.39, 0.29) is 11.7 Å². The molecule has 2 aromatic carbocycles. The second-order valence-electron chi connectivity index (χ2n) is 9.05. The Bertz CT molecular complexity index is 1330. The first-order valence-electron chi connectivity index (χ1n) is 12.4. The van der Waals surface area contributed by atoms with Gasteiger partial charge in [0.05, 0.1) is 11.4 Å². The number of anilines is 1. The Labute approximate surface area is 217 Å². The Hall–Kier alpha value is -3.45. The highest BCUT2D eigenvalue weighted by Crippen LogP contribution is 2.33. The molecule has 0 aliphatic rings. The van der Waals surface area contributed by atoms with Gasteiger partial charge >= 0.3 is 0 Å². The molecule has 0 bridgehead atoms. The summed E-state index contributed by atoms with van der Waals surface area (Å²) in [6, 6.07) is 16.4. The van der Waals surface area contributed by atoms with E-state index in [1.807, 2.05) is 31.2 Å². The van der Waals surface area contributed by atoms with Crippen LogP contribution in [0.1, 0.15) is 55.9 Å². The van der Waals surface area contributed by atoms with Crippen LogP contribution in [0.15, 0.2) is 66.1 Å². The highest BCUT2D eigenvalue weighted by atomic mass is 32.2. The molecule has 0 fully saturated rings. The molecule has 2 heterocycles. The van der Waals surface area contributed by atoms with Gasteiger partial charge in [0.15, 0.2) is 11.0 Å². The van der Waals surface area contributed by atoms with E-state index in [1.54, 1.807) is 12.4 Å². The fourth-order valence-corrected chi connectivity index (χ4v) is 5.14. The van der Waals surface area contributed by atoms with Gasteiger partial charge < -0.3 is 5.32 Å². The predicted molar refractivity (Wildman–Crippen MR) is 148 cm³/mol. The first kappa shape index (κ1) is 25.6. The lowest BCUT2D eigenvalue weighted by Crippen LogP contribution is -2.17. The lowest BCUT2D eigenvalue weighted by atomic mass is 9.98. The van der Waals surface area contributed by atoms with Crippen LogP contribution in [-0.2, 0) is 17.6 Å². The predicted octanol–water partition coefficient (Wildman–Crippen LogP) is 6.62. The number of rotatable bonds is 9. The summed E-state index contributed by atoms with van der Waals surface area (Å²) in [4.78, 5) is 17.4. The number of carbonyl (C=O) groups is 1. The van der Waals surface area contributed by atoms with Gasteiger partial charge in [0.25, 0.3) is 0 Å². The molecule has 186 valence electrons. The summed E-state index contributed by atoms with van der Waals surface area (Å²) < 4.78 is 2.10. The third kappa shape index (κ3) is 5.36. The monoisotopic (exact) mass is 499 g/mol. The number of thioether (sulfide) groups is 1. The number of aryl methyl sites for hydroxylation is 3. The summed E-state index contributed by atoms with van der Waals surface area (Å²) in [5.41, 5.74) is 7.51. The summed E-state index contributed by atoms with van der Waals surface area (Å²) >= 11 is 1.40. The topological polar surface area (TPSA) is 72.7 Å². The van der Waals surface area contributed by atoms with Crippen LogP contribution in [0.3, 0.4) is 0 Å². The lowest BCUT2D eigenvalue weighted by molar-refractivity contribution is -0.113. The highest BCUT2D eigenvalue weighted by molar-refractivity contribution is 7.99. The number of benzene rings is 2. The van der Waals surface area contributed by atoms with Crippen molar-refractivity contribution in [2.24, 2.45) is 0 Å². The lowest BCUT2D eigenvalue weighted by Gasteiger charge is -2.18. The van der Waals surface area contributed by atoms with Gasteiger partial charge in [-0.2, -0.15) is 0 Å². The standard InChI is InChI=1S/C29H33N5OS/c1-6-21-12-9-13-22(7-2)27(21)34-28(23-14-10-16-30-17-23)32-33-29(34)36-18-25(35)31-26-20(5)11-8-15-24(26)19(3)4/h8-17,19H,6-7,18H2,1-5H3,(H,31,35). The summed E-state index contributed by atoms with van der Waals surface area (Å²) in [5.74, 6) is 1.21. The number of pyridine rings is 1. The van der Waals surface area contributed by atoms with Gasteiger partial charge in [-0.25, -0.2) is 0 Å². The van der Waals surface area contributed by atoms with Crippen molar-refractivity contribution in [2.75, 3.05) is 11.1 Å². The van der Waals surface area contributed by atoms with Gasteiger partial charge in [-0.05, 0) is 60.1 Å². The van der Waals surface area contributed by atoms with Crippen molar-refractivity contribution in [1.82, 2.24) is 19.7 Å². The Morgan fingerprint density at radius 2 is 1.72 bits per heavy atom. The van der Waals surface area contributed by atoms with Gasteiger partial charge in [0.2, 0.25) is 5.91 Å². The van der Waals surface area contributed by atoms with E-state index in [4.69, 9.17) is 0 Å². The van der Waals surface area contributed by atoms with E-state index in [0.29, 0.717) is 11.1 Å². The van der Waals surface area contributed by atoms with E-state index in [9.17, 15) is 4.79 Å². The number of nitrogens with one attached hydrogen (secondary N) is 1. The molecule has 0 aliphatic heterocycles. The molecule has 2 aromatic heterocycles. The number of nitrogens with zero attached hydrogens (tertiary/aromatic N) is 4. The number of amides is 1. The molecule has 1 N–H and O–H groups in total. The minimum atomic E-state index is -0.0619. The molecule has 1 amide bonds. The van der Waals surface area contributed by atoms with E-state index < -0.39 is 0 Å². The summed E-state index contributed by atoms with van der Waals surface area (Å²) in [7, 11) is 0. The third-order valence-electron chi connectivity index (χ3n) is 6.27. The molecule has 0 radical (unpaired) electrons. The molecule has 36 heavy (non-hydrogen) atoms. The molecule has 0 atom stereocenters. The van der Waals surface area contributed by atoms with Crippen molar-refractivity contribution >= 4 is 23.4 Å². The molecule has 0 unspecified atom stereocenters. The third-order valence-corrected chi connectivity index (χ3v) is 7.19. The minimum Gasteiger partial charge on any atom is -0.325 e. The molecule has 6 nitrogen and oxygen atoms in total. The quantitative estimate of drug-likeness (QED) is 0.262. The first-order chi connectivity index (χ1) is 17.4. The zero-order chi connectivity index (χ0) is 25.7. The second kappa shape index (κ2) is 11.5. The average molecular weight is 500 g/mol. The Morgan fingerprint density at radius 1 is 1.00 bits per heavy atom. The molecule has 0 spiro atoms. The van der Waals surface area contributed by atoms with Gasteiger partial charge in [0, 0.05) is 23.6 Å². The molecule has 7 heteroatoms. The molecule has 0 saturated heterocycles. The number of aromatic nitrogens is 4. The van der Waals surface area contributed by atoms with E-state index in [2.05, 4.69) is 77.0 Å². The SMILES string of the molecule is CCc1cccc(CC)c1-n1c(SCC(=O)Nc2c(C)cccc2C(C)C)nnc1-c1cccnc1. The first-order valence-corrected chi connectivity index (χ1v) is 13.4. The molecule has 0 aliphatic carbocycles. The summed E-state index contributed by atoms with van der Waals surface area (Å²) in [5, 5.41) is 12.9. The maximum atomic E-state index is 13.1. The van der Waals surface area contributed by atoms with E-state index in [1.165, 1.54) is 22.9 Å². The van der Waals surface area contributed by atoms with Gasteiger partial charge in [0.1, 0.15) is 0 Å². The number of hydrogen-bond acceptors (Lipinski definition) is 5. The smallest absolute Gasteiger partial charge is 0.234 e. The van der Waals surface area contributed by atoms with Gasteiger partial charge in [-0.3, -0.25) is 14.3 Å². The fourth-order valence-electron chi connectivity index (χ4n) is 4.40. The van der Waals surface area contributed by atoms with Crippen LogP contribution in [0.25, 0.3) is 17.1 Å². The van der Waals surface area contributed by atoms with Crippen LogP contribution in [0, 0.1) is 6.92 Å².